The Morgan fingerprint density at radius 2 is 1.94 bits per heavy atom. The van der Waals surface area contributed by atoms with E-state index >= 15 is 0 Å². The summed E-state index contributed by atoms with van der Waals surface area (Å²) in [7, 11) is 4.22. The number of rotatable bonds is 8. The molecule has 0 unspecified atom stereocenters. The van der Waals surface area contributed by atoms with E-state index in [9.17, 15) is 0 Å². The fraction of sp³-hybridized carbons (Fsp3) is 0.786. The lowest BCUT2D eigenvalue weighted by Gasteiger charge is -2.41. The van der Waals surface area contributed by atoms with Crippen LogP contribution in [0.5, 0.6) is 0 Å². The van der Waals surface area contributed by atoms with Crippen LogP contribution in [0, 0.1) is 0 Å². The monoisotopic (exact) mass is 252 g/mol. The lowest BCUT2D eigenvalue weighted by atomic mass is 9.87. The molecule has 0 radical (unpaired) electrons. The quantitative estimate of drug-likeness (QED) is 0.771. The van der Waals surface area contributed by atoms with Crippen molar-refractivity contribution >= 4 is 0 Å². The Morgan fingerprint density at radius 1 is 1.33 bits per heavy atom. The molecule has 0 saturated heterocycles. The molecule has 0 aliphatic carbocycles. The van der Waals surface area contributed by atoms with E-state index < -0.39 is 0 Å². The predicted molar refractivity (Wildman–Crippen MR) is 76.3 cm³/mol. The number of imidazole rings is 1. The van der Waals surface area contributed by atoms with Crippen molar-refractivity contribution in [3.63, 3.8) is 0 Å². The van der Waals surface area contributed by atoms with E-state index in [1.165, 1.54) is 12.8 Å². The van der Waals surface area contributed by atoms with Crippen LogP contribution < -0.4 is 5.73 Å². The average molecular weight is 252 g/mol. The van der Waals surface area contributed by atoms with E-state index in [-0.39, 0.29) is 5.54 Å². The molecule has 18 heavy (non-hydrogen) atoms. The zero-order chi connectivity index (χ0) is 13.6. The minimum atomic E-state index is 0.120. The van der Waals surface area contributed by atoms with Crippen LogP contribution in [0.1, 0.15) is 45.4 Å². The van der Waals surface area contributed by atoms with Gasteiger partial charge in [0.25, 0.3) is 0 Å². The summed E-state index contributed by atoms with van der Waals surface area (Å²) in [6.07, 6.45) is 8.49. The minimum Gasteiger partial charge on any atom is -0.337 e. The molecule has 0 saturated carbocycles. The zero-order valence-electron chi connectivity index (χ0n) is 12.3. The molecule has 0 aliphatic heterocycles. The molecule has 4 heteroatoms. The summed E-state index contributed by atoms with van der Waals surface area (Å²) in [5, 5.41) is 0. The number of nitrogens with zero attached hydrogens (tertiary/aromatic N) is 3. The molecule has 0 spiro atoms. The van der Waals surface area contributed by atoms with Crippen LogP contribution in [-0.4, -0.2) is 33.6 Å². The molecule has 0 aromatic carbocycles. The van der Waals surface area contributed by atoms with Gasteiger partial charge in [0.15, 0.2) is 0 Å². The minimum absolute atomic E-state index is 0.120. The highest BCUT2D eigenvalue weighted by Crippen LogP contribution is 2.26. The summed E-state index contributed by atoms with van der Waals surface area (Å²) < 4.78 is 2.08. The standard InChI is InChI=1S/C14H28N4/c1-5-7-14(12-15,8-6-2)18(4)11-13-16-9-10-17(13)3/h9-10H,5-8,11-12,15H2,1-4H3. The van der Waals surface area contributed by atoms with E-state index in [2.05, 4.69) is 35.3 Å². The number of aryl methyl sites for hydroxylation is 1. The Hall–Kier alpha value is -0.870. The van der Waals surface area contributed by atoms with Gasteiger partial charge in [0.1, 0.15) is 5.82 Å². The molecule has 0 bridgehead atoms. The van der Waals surface area contributed by atoms with E-state index in [0.717, 1.165) is 31.8 Å². The SMILES string of the molecule is CCCC(CN)(CCC)N(C)Cc1nccn1C. The van der Waals surface area contributed by atoms with Gasteiger partial charge in [0, 0.05) is 31.5 Å². The summed E-state index contributed by atoms with van der Waals surface area (Å²) in [6.45, 7) is 6.04. The highest BCUT2D eigenvalue weighted by molar-refractivity contribution is 4.96. The molecular formula is C14H28N4. The Kier molecular flexibility index (Phi) is 5.82. The van der Waals surface area contributed by atoms with Gasteiger partial charge >= 0.3 is 0 Å². The highest BCUT2D eigenvalue weighted by atomic mass is 15.2. The molecule has 0 amide bonds. The van der Waals surface area contributed by atoms with Gasteiger partial charge in [-0.3, -0.25) is 4.90 Å². The molecular weight excluding hydrogens is 224 g/mol. The summed E-state index contributed by atoms with van der Waals surface area (Å²) in [5.74, 6) is 1.10. The number of aromatic nitrogens is 2. The number of nitrogens with two attached hydrogens (primary N) is 1. The van der Waals surface area contributed by atoms with Crippen molar-refractivity contribution in [3.8, 4) is 0 Å². The van der Waals surface area contributed by atoms with Gasteiger partial charge in [-0.15, -0.1) is 0 Å². The first-order valence-corrected chi connectivity index (χ1v) is 6.97. The maximum absolute atomic E-state index is 6.08. The van der Waals surface area contributed by atoms with Crippen molar-refractivity contribution in [2.24, 2.45) is 12.8 Å². The summed E-state index contributed by atoms with van der Waals surface area (Å²) >= 11 is 0. The van der Waals surface area contributed by atoms with Gasteiger partial charge in [-0.1, -0.05) is 26.7 Å². The van der Waals surface area contributed by atoms with Crippen LogP contribution in [0.3, 0.4) is 0 Å². The first-order chi connectivity index (χ1) is 8.59. The van der Waals surface area contributed by atoms with E-state index in [0.29, 0.717) is 0 Å². The van der Waals surface area contributed by atoms with Gasteiger partial charge in [-0.25, -0.2) is 4.98 Å². The molecule has 104 valence electrons. The zero-order valence-corrected chi connectivity index (χ0v) is 12.3. The van der Waals surface area contributed by atoms with Crippen LogP contribution in [0.2, 0.25) is 0 Å². The highest BCUT2D eigenvalue weighted by Gasteiger charge is 2.31. The Balaban J connectivity index is 2.81. The molecule has 1 heterocycles. The Morgan fingerprint density at radius 3 is 2.33 bits per heavy atom. The van der Waals surface area contributed by atoms with Crippen molar-refractivity contribution in [1.82, 2.24) is 14.5 Å². The summed E-state index contributed by atoms with van der Waals surface area (Å²) in [6, 6.07) is 0. The van der Waals surface area contributed by atoms with Crippen LogP contribution >= 0.6 is 0 Å². The van der Waals surface area contributed by atoms with Crippen LogP contribution in [0.4, 0.5) is 0 Å². The van der Waals surface area contributed by atoms with Gasteiger partial charge in [0.2, 0.25) is 0 Å². The lowest BCUT2D eigenvalue weighted by Crippen LogP contribution is -2.51. The van der Waals surface area contributed by atoms with E-state index in [4.69, 9.17) is 5.73 Å². The maximum Gasteiger partial charge on any atom is 0.122 e. The topological polar surface area (TPSA) is 47.1 Å². The third-order valence-electron chi connectivity index (χ3n) is 3.92. The predicted octanol–water partition coefficient (Wildman–Crippen LogP) is 2.15. The van der Waals surface area contributed by atoms with Gasteiger partial charge in [-0.2, -0.15) is 0 Å². The number of hydrogen-bond acceptors (Lipinski definition) is 3. The maximum atomic E-state index is 6.08. The van der Waals surface area contributed by atoms with Crippen molar-refractivity contribution < 1.29 is 0 Å². The van der Waals surface area contributed by atoms with Crippen molar-refractivity contribution in [2.45, 2.75) is 51.6 Å². The van der Waals surface area contributed by atoms with Gasteiger partial charge in [-0.05, 0) is 19.9 Å². The number of hydrogen-bond donors (Lipinski definition) is 1. The Labute approximate surface area is 111 Å². The average Bonchev–Trinajstić information content (AvgIpc) is 2.74. The van der Waals surface area contributed by atoms with Crippen molar-refractivity contribution in [3.05, 3.63) is 18.2 Å². The first kappa shape index (κ1) is 15.2. The van der Waals surface area contributed by atoms with E-state index in [1.54, 1.807) is 0 Å². The summed E-state index contributed by atoms with van der Waals surface area (Å²) in [4.78, 5) is 6.80. The van der Waals surface area contributed by atoms with E-state index in [1.807, 2.05) is 19.4 Å². The lowest BCUT2D eigenvalue weighted by molar-refractivity contribution is 0.0920. The van der Waals surface area contributed by atoms with Crippen LogP contribution in [0.15, 0.2) is 12.4 Å². The molecule has 4 nitrogen and oxygen atoms in total. The third-order valence-corrected chi connectivity index (χ3v) is 3.92. The fourth-order valence-electron chi connectivity index (χ4n) is 2.73. The molecule has 0 aliphatic rings. The summed E-state index contributed by atoms with van der Waals surface area (Å²) in [5.41, 5.74) is 6.20. The first-order valence-electron chi connectivity index (χ1n) is 6.97. The Bertz CT molecular complexity index is 339. The second kappa shape index (κ2) is 6.90. The second-order valence-electron chi connectivity index (χ2n) is 5.24. The molecule has 1 rings (SSSR count). The normalized spacial score (nSPS) is 12.3. The molecule has 2 N–H and O–H groups in total. The molecule has 1 aromatic rings. The second-order valence-corrected chi connectivity index (χ2v) is 5.24. The van der Waals surface area contributed by atoms with Gasteiger partial charge < -0.3 is 10.3 Å². The molecule has 0 fully saturated rings. The largest absolute Gasteiger partial charge is 0.337 e. The smallest absolute Gasteiger partial charge is 0.122 e. The van der Waals surface area contributed by atoms with Crippen LogP contribution in [-0.2, 0) is 13.6 Å². The fourth-order valence-corrected chi connectivity index (χ4v) is 2.73. The van der Waals surface area contributed by atoms with Crippen molar-refractivity contribution in [2.75, 3.05) is 13.6 Å². The molecule has 1 aromatic heterocycles. The third kappa shape index (κ3) is 3.33. The number of likely N-dealkylation sites (N-methyl/N-ethyl adjacent to an activating group) is 1. The van der Waals surface area contributed by atoms with Gasteiger partial charge in [0.05, 0.1) is 6.54 Å². The van der Waals surface area contributed by atoms with Crippen molar-refractivity contribution in [1.29, 1.82) is 0 Å². The van der Waals surface area contributed by atoms with Crippen LogP contribution in [0.25, 0.3) is 0 Å². The molecule has 0 atom stereocenters.